The predicted octanol–water partition coefficient (Wildman–Crippen LogP) is 4.09. The van der Waals surface area contributed by atoms with Gasteiger partial charge in [0.05, 0.1) is 23.3 Å². The standard InChI is InChI=1S/C20H24N2O3S/c1-4-25-18-11-6-5-10-17(18)22-20(24)15(3)26-13-19(23)21-16-9-7-8-14(2)12-16/h5-12,15H,4,13H2,1-3H3,(H,21,23)(H,22,24). The van der Waals surface area contributed by atoms with E-state index in [1.54, 1.807) is 13.0 Å². The Hall–Kier alpha value is -2.47. The first-order valence-electron chi connectivity index (χ1n) is 8.50. The number of aryl methyl sites for hydroxylation is 1. The maximum absolute atomic E-state index is 12.4. The number of anilines is 2. The molecule has 0 saturated heterocycles. The van der Waals surface area contributed by atoms with Crippen LogP contribution < -0.4 is 15.4 Å². The van der Waals surface area contributed by atoms with E-state index in [1.807, 2.05) is 56.3 Å². The van der Waals surface area contributed by atoms with E-state index in [-0.39, 0.29) is 22.8 Å². The number of hydrogen-bond acceptors (Lipinski definition) is 4. The SMILES string of the molecule is CCOc1ccccc1NC(=O)C(C)SCC(=O)Nc1cccc(C)c1. The van der Waals surface area contributed by atoms with Gasteiger partial charge in [-0.3, -0.25) is 9.59 Å². The molecule has 6 heteroatoms. The number of carbonyl (C=O) groups is 2. The smallest absolute Gasteiger partial charge is 0.237 e. The molecular formula is C20H24N2O3S. The Bertz CT molecular complexity index is 764. The van der Waals surface area contributed by atoms with E-state index in [2.05, 4.69) is 10.6 Å². The number of para-hydroxylation sites is 2. The van der Waals surface area contributed by atoms with Crippen molar-refractivity contribution < 1.29 is 14.3 Å². The highest BCUT2D eigenvalue weighted by molar-refractivity contribution is 8.01. The van der Waals surface area contributed by atoms with Crippen molar-refractivity contribution in [3.63, 3.8) is 0 Å². The molecule has 2 aromatic carbocycles. The van der Waals surface area contributed by atoms with Crippen molar-refractivity contribution in [2.75, 3.05) is 23.0 Å². The van der Waals surface area contributed by atoms with Crippen molar-refractivity contribution in [2.45, 2.75) is 26.0 Å². The van der Waals surface area contributed by atoms with Crippen molar-refractivity contribution in [1.82, 2.24) is 0 Å². The Labute approximate surface area is 158 Å². The molecule has 2 amide bonds. The van der Waals surface area contributed by atoms with Crippen LogP contribution in [-0.2, 0) is 9.59 Å². The summed E-state index contributed by atoms with van der Waals surface area (Å²) < 4.78 is 5.51. The van der Waals surface area contributed by atoms with Crippen LogP contribution in [0, 0.1) is 6.92 Å². The lowest BCUT2D eigenvalue weighted by molar-refractivity contribution is -0.115. The maximum Gasteiger partial charge on any atom is 0.237 e. The van der Waals surface area contributed by atoms with Crippen molar-refractivity contribution in [3.8, 4) is 5.75 Å². The van der Waals surface area contributed by atoms with Crippen LogP contribution in [0.5, 0.6) is 5.75 Å². The summed E-state index contributed by atoms with van der Waals surface area (Å²) >= 11 is 1.29. The number of thioether (sulfide) groups is 1. The van der Waals surface area contributed by atoms with Gasteiger partial charge in [-0.1, -0.05) is 24.3 Å². The van der Waals surface area contributed by atoms with Gasteiger partial charge in [-0.25, -0.2) is 0 Å². The molecule has 0 spiro atoms. The third-order valence-electron chi connectivity index (χ3n) is 3.58. The zero-order valence-corrected chi connectivity index (χ0v) is 16.1. The van der Waals surface area contributed by atoms with E-state index < -0.39 is 0 Å². The first-order chi connectivity index (χ1) is 12.5. The molecule has 2 rings (SSSR count). The van der Waals surface area contributed by atoms with Crippen LogP contribution >= 0.6 is 11.8 Å². The first kappa shape index (κ1) is 19.8. The number of ether oxygens (including phenoxy) is 1. The number of hydrogen-bond donors (Lipinski definition) is 2. The molecule has 0 bridgehead atoms. The lowest BCUT2D eigenvalue weighted by Gasteiger charge is -2.14. The molecule has 0 heterocycles. The topological polar surface area (TPSA) is 67.4 Å². The van der Waals surface area contributed by atoms with E-state index in [0.29, 0.717) is 18.0 Å². The average Bonchev–Trinajstić information content (AvgIpc) is 2.61. The number of benzene rings is 2. The van der Waals surface area contributed by atoms with Gasteiger partial charge in [0.2, 0.25) is 11.8 Å². The second-order valence-corrected chi connectivity index (χ2v) is 7.12. The summed E-state index contributed by atoms with van der Waals surface area (Å²) in [6.45, 7) is 6.17. The second kappa shape index (κ2) is 9.87. The van der Waals surface area contributed by atoms with Crippen LogP contribution in [0.2, 0.25) is 0 Å². The molecule has 2 aromatic rings. The fourth-order valence-electron chi connectivity index (χ4n) is 2.28. The molecule has 1 atom stereocenters. The summed E-state index contributed by atoms with van der Waals surface area (Å²) in [5, 5.41) is 5.33. The summed E-state index contributed by atoms with van der Waals surface area (Å²) in [6.07, 6.45) is 0. The highest BCUT2D eigenvalue weighted by Gasteiger charge is 2.17. The van der Waals surface area contributed by atoms with Gasteiger partial charge in [-0.15, -0.1) is 11.8 Å². The number of rotatable bonds is 8. The minimum Gasteiger partial charge on any atom is -0.492 e. The molecule has 0 fully saturated rings. The van der Waals surface area contributed by atoms with Gasteiger partial charge >= 0.3 is 0 Å². The van der Waals surface area contributed by atoms with Crippen molar-refractivity contribution in [3.05, 3.63) is 54.1 Å². The van der Waals surface area contributed by atoms with Crippen LogP contribution in [-0.4, -0.2) is 29.4 Å². The summed E-state index contributed by atoms with van der Waals surface area (Å²) in [6, 6.07) is 14.9. The molecule has 1 unspecified atom stereocenters. The lowest BCUT2D eigenvalue weighted by Crippen LogP contribution is -2.25. The van der Waals surface area contributed by atoms with Gasteiger partial charge < -0.3 is 15.4 Å². The van der Waals surface area contributed by atoms with Gasteiger partial charge in [0.15, 0.2) is 0 Å². The number of nitrogens with one attached hydrogen (secondary N) is 2. The minimum atomic E-state index is -0.368. The molecule has 26 heavy (non-hydrogen) atoms. The van der Waals surface area contributed by atoms with Crippen molar-refractivity contribution in [2.24, 2.45) is 0 Å². The third kappa shape index (κ3) is 6.11. The molecule has 0 aliphatic heterocycles. The molecule has 0 radical (unpaired) electrons. The monoisotopic (exact) mass is 372 g/mol. The zero-order chi connectivity index (χ0) is 18.9. The number of carbonyl (C=O) groups excluding carboxylic acids is 2. The Morgan fingerprint density at radius 2 is 1.88 bits per heavy atom. The Morgan fingerprint density at radius 1 is 1.12 bits per heavy atom. The van der Waals surface area contributed by atoms with E-state index in [0.717, 1.165) is 11.3 Å². The minimum absolute atomic E-state index is 0.130. The second-order valence-electron chi connectivity index (χ2n) is 5.79. The molecule has 0 aromatic heterocycles. The van der Waals surface area contributed by atoms with Crippen LogP contribution in [0.1, 0.15) is 19.4 Å². The van der Waals surface area contributed by atoms with E-state index in [1.165, 1.54) is 11.8 Å². The largest absolute Gasteiger partial charge is 0.492 e. The van der Waals surface area contributed by atoms with Crippen LogP contribution in [0.4, 0.5) is 11.4 Å². The van der Waals surface area contributed by atoms with Gasteiger partial charge in [0.25, 0.3) is 0 Å². The Kier molecular flexibility index (Phi) is 7.53. The Morgan fingerprint density at radius 3 is 2.62 bits per heavy atom. The summed E-state index contributed by atoms with van der Waals surface area (Å²) in [5.74, 6) is 0.550. The highest BCUT2D eigenvalue weighted by Crippen LogP contribution is 2.25. The van der Waals surface area contributed by atoms with Crippen LogP contribution in [0.15, 0.2) is 48.5 Å². The molecule has 138 valence electrons. The number of amides is 2. The van der Waals surface area contributed by atoms with Crippen LogP contribution in [0.3, 0.4) is 0 Å². The molecule has 0 saturated carbocycles. The average molecular weight is 372 g/mol. The predicted molar refractivity (Wildman–Crippen MR) is 108 cm³/mol. The molecule has 5 nitrogen and oxygen atoms in total. The molecule has 0 aliphatic carbocycles. The third-order valence-corrected chi connectivity index (χ3v) is 4.72. The molecule has 2 N–H and O–H groups in total. The normalized spacial score (nSPS) is 11.5. The van der Waals surface area contributed by atoms with Crippen molar-refractivity contribution >= 4 is 35.0 Å². The van der Waals surface area contributed by atoms with E-state index in [9.17, 15) is 9.59 Å². The lowest BCUT2D eigenvalue weighted by atomic mass is 10.2. The van der Waals surface area contributed by atoms with Gasteiger partial charge in [0.1, 0.15) is 5.75 Å². The fourth-order valence-corrected chi connectivity index (χ4v) is 2.97. The quantitative estimate of drug-likeness (QED) is 0.732. The summed E-state index contributed by atoms with van der Waals surface area (Å²) in [4.78, 5) is 24.4. The fraction of sp³-hybridized carbons (Fsp3) is 0.300. The van der Waals surface area contributed by atoms with Gasteiger partial charge in [-0.05, 0) is 50.6 Å². The Balaban J connectivity index is 1.84. The van der Waals surface area contributed by atoms with Gasteiger partial charge in [-0.2, -0.15) is 0 Å². The van der Waals surface area contributed by atoms with Crippen molar-refractivity contribution in [1.29, 1.82) is 0 Å². The van der Waals surface area contributed by atoms with E-state index >= 15 is 0 Å². The highest BCUT2D eigenvalue weighted by atomic mass is 32.2. The zero-order valence-electron chi connectivity index (χ0n) is 15.2. The van der Waals surface area contributed by atoms with E-state index in [4.69, 9.17) is 4.74 Å². The van der Waals surface area contributed by atoms with Gasteiger partial charge in [0, 0.05) is 5.69 Å². The molecular weight excluding hydrogens is 348 g/mol. The van der Waals surface area contributed by atoms with Crippen LogP contribution in [0.25, 0.3) is 0 Å². The maximum atomic E-state index is 12.4. The molecule has 0 aliphatic rings. The summed E-state index contributed by atoms with van der Waals surface area (Å²) in [5.41, 5.74) is 2.48. The first-order valence-corrected chi connectivity index (χ1v) is 9.55. The summed E-state index contributed by atoms with van der Waals surface area (Å²) in [7, 11) is 0.